The highest BCUT2D eigenvalue weighted by Gasteiger charge is 2.66. The van der Waals surface area contributed by atoms with Crippen molar-refractivity contribution in [2.45, 2.75) is 27.7 Å². The summed E-state index contributed by atoms with van der Waals surface area (Å²) in [6.07, 6.45) is 0. The van der Waals surface area contributed by atoms with Crippen LogP contribution in [0.4, 0.5) is 0 Å². The molecule has 4 heteroatoms. The fraction of sp³-hybridized carbons (Fsp3) is 0.833. The van der Waals surface area contributed by atoms with Gasteiger partial charge in [-0.25, -0.2) is 0 Å². The van der Waals surface area contributed by atoms with Gasteiger partial charge in [0.05, 0.1) is 11.8 Å². The Hall–Kier alpha value is -1.06. The SMILES string of the molecule is CC(C)CN(C)C(=O)C1C(C(=O)O)C1(C)C. The van der Waals surface area contributed by atoms with Crippen molar-refractivity contribution in [3.05, 3.63) is 0 Å². The standard InChI is InChI=1S/C12H21NO3/c1-7(2)6-13(5)10(14)8-9(11(15)16)12(8,3)4/h7-9H,6H2,1-5H3,(H,15,16). The van der Waals surface area contributed by atoms with Crippen molar-refractivity contribution in [1.29, 1.82) is 0 Å². The zero-order chi connectivity index (χ0) is 12.7. The first-order chi connectivity index (χ1) is 7.19. The third-order valence-electron chi connectivity index (χ3n) is 3.37. The van der Waals surface area contributed by atoms with Crippen LogP contribution in [0.5, 0.6) is 0 Å². The van der Waals surface area contributed by atoms with E-state index in [2.05, 4.69) is 0 Å². The molecule has 92 valence electrons. The molecule has 0 aromatic heterocycles. The smallest absolute Gasteiger partial charge is 0.307 e. The molecule has 2 unspecified atom stereocenters. The first-order valence-electron chi connectivity index (χ1n) is 5.67. The van der Waals surface area contributed by atoms with E-state index in [0.29, 0.717) is 12.5 Å². The van der Waals surface area contributed by atoms with E-state index in [4.69, 9.17) is 5.11 Å². The quantitative estimate of drug-likeness (QED) is 0.791. The van der Waals surface area contributed by atoms with Gasteiger partial charge in [-0.05, 0) is 11.3 Å². The van der Waals surface area contributed by atoms with Crippen molar-refractivity contribution in [1.82, 2.24) is 4.90 Å². The van der Waals surface area contributed by atoms with Crippen molar-refractivity contribution >= 4 is 11.9 Å². The van der Waals surface area contributed by atoms with Gasteiger partial charge in [0, 0.05) is 13.6 Å². The molecule has 1 saturated carbocycles. The maximum atomic E-state index is 12.0. The monoisotopic (exact) mass is 227 g/mol. The number of carbonyl (C=O) groups excluding carboxylic acids is 1. The number of aliphatic carboxylic acids is 1. The molecule has 0 bridgehead atoms. The summed E-state index contributed by atoms with van der Waals surface area (Å²) in [6.45, 7) is 8.44. The van der Waals surface area contributed by atoms with E-state index >= 15 is 0 Å². The Morgan fingerprint density at radius 2 is 1.81 bits per heavy atom. The lowest BCUT2D eigenvalue weighted by Crippen LogP contribution is -2.33. The lowest BCUT2D eigenvalue weighted by atomic mass is 10.1. The van der Waals surface area contributed by atoms with Crippen LogP contribution in [0.2, 0.25) is 0 Å². The lowest BCUT2D eigenvalue weighted by molar-refractivity contribution is -0.141. The molecule has 1 amide bonds. The van der Waals surface area contributed by atoms with E-state index in [0.717, 1.165) is 0 Å². The highest BCUT2D eigenvalue weighted by Crippen LogP contribution is 2.58. The minimum absolute atomic E-state index is 0.0360. The predicted octanol–water partition coefficient (Wildman–Crippen LogP) is 1.46. The van der Waals surface area contributed by atoms with E-state index in [1.54, 1.807) is 11.9 Å². The highest BCUT2D eigenvalue weighted by molar-refractivity contribution is 5.91. The van der Waals surface area contributed by atoms with Crippen LogP contribution in [0.1, 0.15) is 27.7 Å². The number of nitrogens with zero attached hydrogens (tertiary/aromatic N) is 1. The topological polar surface area (TPSA) is 57.6 Å². The van der Waals surface area contributed by atoms with Crippen LogP contribution >= 0.6 is 0 Å². The second-order valence-corrected chi connectivity index (χ2v) is 5.73. The van der Waals surface area contributed by atoms with Crippen molar-refractivity contribution in [2.75, 3.05) is 13.6 Å². The molecule has 1 aliphatic rings. The first-order valence-corrected chi connectivity index (χ1v) is 5.67. The van der Waals surface area contributed by atoms with Gasteiger partial charge in [-0.3, -0.25) is 9.59 Å². The van der Waals surface area contributed by atoms with Crippen molar-refractivity contribution in [2.24, 2.45) is 23.2 Å². The normalized spacial score (nSPS) is 26.6. The molecule has 0 radical (unpaired) electrons. The molecule has 1 fully saturated rings. The molecular weight excluding hydrogens is 206 g/mol. The number of carbonyl (C=O) groups is 2. The van der Waals surface area contributed by atoms with Crippen LogP contribution < -0.4 is 0 Å². The molecule has 0 spiro atoms. The molecule has 0 heterocycles. The van der Waals surface area contributed by atoms with E-state index in [-0.39, 0.29) is 11.8 Å². The molecule has 0 saturated heterocycles. The van der Waals surface area contributed by atoms with Gasteiger partial charge in [0.25, 0.3) is 0 Å². The number of rotatable bonds is 4. The Morgan fingerprint density at radius 1 is 1.31 bits per heavy atom. The maximum Gasteiger partial charge on any atom is 0.307 e. The summed E-state index contributed by atoms with van der Waals surface area (Å²) in [5.74, 6) is -1.37. The van der Waals surface area contributed by atoms with Gasteiger partial charge in [0.15, 0.2) is 0 Å². The second-order valence-electron chi connectivity index (χ2n) is 5.73. The number of carboxylic acid groups (broad SMARTS) is 1. The third-order valence-corrected chi connectivity index (χ3v) is 3.37. The zero-order valence-electron chi connectivity index (χ0n) is 10.7. The summed E-state index contributed by atoms with van der Waals surface area (Å²) in [6, 6.07) is 0. The van der Waals surface area contributed by atoms with Gasteiger partial charge in [-0.2, -0.15) is 0 Å². The highest BCUT2D eigenvalue weighted by atomic mass is 16.4. The van der Waals surface area contributed by atoms with Gasteiger partial charge < -0.3 is 10.0 Å². The largest absolute Gasteiger partial charge is 0.481 e. The van der Waals surface area contributed by atoms with Gasteiger partial charge in [0.1, 0.15) is 0 Å². The summed E-state index contributed by atoms with van der Waals surface area (Å²) >= 11 is 0. The van der Waals surface area contributed by atoms with E-state index in [9.17, 15) is 9.59 Å². The minimum Gasteiger partial charge on any atom is -0.481 e. The van der Waals surface area contributed by atoms with Gasteiger partial charge in [-0.1, -0.05) is 27.7 Å². The summed E-state index contributed by atoms with van der Waals surface area (Å²) in [7, 11) is 1.75. The Balaban J connectivity index is 2.67. The lowest BCUT2D eigenvalue weighted by Gasteiger charge is -2.20. The number of carboxylic acids is 1. The molecule has 0 aliphatic heterocycles. The summed E-state index contributed by atoms with van der Waals surface area (Å²) in [5, 5.41) is 9.00. The van der Waals surface area contributed by atoms with Crippen LogP contribution in [-0.2, 0) is 9.59 Å². The van der Waals surface area contributed by atoms with Crippen LogP contribution in [-0.4, -0.2) is 35.5 Å². The number of hydrogen-bond donors (Lipinski definition) is 1. The zero-order valence-corrected chi connectivity index (χ0v) is 10.7. The molecule has 4 nitrogen and oxygen atoms in total. The Bertz CT molecular complexity index is 309. The Kier molecular flexibility index (Phi) is 3.31. The van der Waals surface area contributed by atoms with Crippen LogP contribution in [0.25, 0.3) is 0 Å². The fourth-order valence-electron chi connectivity index (χ4n) is 2.43. The van der Waals surface area contributed by atoms with E-state index < -0.39 is 17.3 Å². The van der Waals surface area contributed by atoms with Gasteiger partial charge in [0.2, 0.25) is 5.91 Å². The summed E-state index contributed by atoms with van der Waals surface area (Å²) in [4.78, 5) is 24.7. The van der Waals surface area contributed by atoms with Gasteiger partial charge >= 0.3 is 5.97 Å². The predicted molar refractivity (Wildman–Crippen MR) is 60.9 cm³/mol. The van der Waals surface area contributed by atoms with E-state index in [1.165, 1.54) is 0 Å². The third kappa shape index (κ3) is 2.20. The first kappa shape index (κ1) is 13.0. The number of hydrogen-bond acceptors (Lipinski definition) is 2. The Morgan fingerprint density at radius 3 is 2.12 bits per heavy atom. The Labute approximate surface area is 96.6 Å². The van der Waals surface area contributed by atoms with Crippen molar-refractivity contribution in [3.63, 3.8) is 0 Å². The molecule has 1 N–H and O–H groups in total. The van der Waals surface area contributed by atoms with Crippen molar-refractivity contribution in [3.8, 4) is 0 Å². The summed E-state index contributed by atoms with van der Waals surface area (Å²) in [5.41, 5.74) is -0.395. The van der Waals surface area contributed by atoms with Crippen LogP contribution in [0, 0.1) is 23.2 Å². The molecule has 0 aromatic rings. The fourth-order valence-corrected chi connectivity index (χ4v) is 2.43. The molecule has 2 atom stereocenters. The van der Waals surface area contributed by atoms with Crippen molar-refractivity contribution < 1.29 is 14.7 Å². The van der Waals surface area contributed by atoms with E-state index in [1.807, 2.05) is 27.7 Å². The molecule has 0 aromatic carbocycles. The van der Waals surface area contributed by atoms with Gasteiger partial charge in [-0.15, -0.1) is 0 Å². The molecular formula is C12H21NO3. The molecule has 16 heavy (non-hydrogen) atoms. The molecule has 1 aliphatic carbocycles. The summed E-state index contributed by atoms with van der Waals surface area (Å²) < 4.78 is 0. The van der Waals surface area contributed by atoms with Crippen LogP contribution in [0.15, 0.2) is 0 Å². The average molecular weight is 227 g/mol. The second kappa shape index (κ2) is 4.07. The maximum absolute atomic E-state index is 12.0. The molecule has 1 rings (SSSR count). The van der Waals surface area contributed by atoms with Crippen LogP contribution in [0.3, 0.4) is 0 Å². The minimum atomic E-state index is -0.860. The number of amides is 1. The average Bonchev–Trinajstić information content (AvgIpc) is 2.66.